The molecule has 0 amide bonds. The van der Waals surface area contributed by atoms with E-state index in [4.69, 9.17) is 0 Å². The molecule has 2 heterocycles. The number of aromatic amines is 1. The minimum absolute atomic E-state index is 0.342. The summed E-state index contributed by atoms with van der Waals surface area (Å²) in [6.45, 7) is 4.27. The lowest BCUT2D eigenvalue weighted by atomic mass is 9.92. The van der Waals surface area contributed by atoms with Gasteiger partial charge in [0, 0.05) is 22.6 Å². The minimum atomic E-state index is 0.342. The number of imidazole rings is 1. The minimum Gasteiger partial charge on any atom is -0.345 e. The zero-order chi connectivity index (χ0) is 15.8. The van der Waals surface area contributed by atoms with Crippen LogP contribution in [-0.4, -0.2) is 15.0 Å². The molecule has 1 N–H and O–H groups in total. The maximum absolute atomic E-state index is 4.55. The molecule has 0 saturated heterocycles. The SMILES string of the molecule is Cc1csc(-c2ccc(C(C)c3ccc4nc[nH]c4c3)cc2)n1. The van der Waals surface area contributed by atoms with E-state index < -0.39 is 0 Å². The zero-order valence-electron chi connectivity index (χ0n) is 13.1. The van der Waals surface area contributed by atoms with Crippen LogP contribution < -0.4 is 0 Å². The number of hydrogen-bond donors (Lipinski definition) is 1. The van der Waals surface area contributed by atoms with Gasteiger partial charge in [-0.25, -0.2) is 9.97 Å². The molecule has 0 bridgehead atoms. The summed E-state index contributed by atoms with van der Waals surface area (Å²) in [7, 11) is 0. The van der Waals surface area contributed by atoms with Crippen LogP contribution in [-0.2, 0) is 0 Å². The first-order valence-electron chi connectivity index (χ1n) is 7.66. The van der Waals surface area contributed by atoms with Gasteiger partial charge in [0.15, 0.2) is 0 Å². The Bertz CT molecular complexity index is 950. The van der Waals surface area contributed by atoms with E-state index in [0.29, 0.717) is 5.92 Å². The molecular formula is C19H17N3S. The van der Waals surface area contributed by atoms with Crippen LogP contribution in [0, 0.1) is 6.92 Å². The maximum atomic E-state index is 4.55. The second kappa shape index (κ2) is 5.63. The summed E-state index contributed by atoms with van der Waals surface area (Å²) in [6, 6.07) is 15.2. The molecule has 0 spiro atoms. The highest BCUT2D eigenvalue weighted by atomic mass is 32.1. The van der Waals surface area contributed by atoms with Crippen LogP contribution in [0.3, 0.4) is 0 Å². The average Bonchev–Trinajstić information content (AvgIpc) is 3.22. The topological polar surface area (TPSA) is 41.6 Å². The molecule has 0 fully saturated rings. The lowest BCUT2D eigenvalue weighted by Crippen LogP contribution is -1.96. The Labute approximate surface area is 139 Å². The Balaban J connectivity index is 1.64. The van der Waals surface area contributed by atoms with Crippen molar-refractivity contribution in [1.29, 1.82) is 0 Å². The van der Waals surface area contributed by atoms with Crippen molar-refractivity contribution in [1.82, 2.24) is 15.0 Å². The van der Waals surface area contributed by atoms with Gasteiger partial charge in [-0.2, -0.15) is 0 Å². The molecule has 4 heteroatoms. The fraction of sp³-hybridized carbons (Fsp3) is 0.158. The van der Waals surface area contributed by atoms with Gasteiger partial charge in [0.2, 0.25) is 0 Å². The van der Waals surface area contributed by atoms with Crippen LogP contribution >= 0.6 is 11.3 Å². The van der Waals surface area contributed by atoms with Gasteiger partial charge < -0.3 is 4.98 Å². The van der Waals surface area contributed by atoms with Crippen molar-refractivity contribution < 1.29 is 0 Å². The number of hydrogen-bond acceptors (Lipinski definition) is 3. The van der Waals surface area contributed by atoms with E-state index in [1.54, 1.807) is 17.7 Å². The molecule has 2 aromatic heterocycles. The summed E-state index contributed by atoms with van der Waals surface area (Å²) in [6.07, 6.45) is 1.74. The molecule has 0 radical (unpaired) electrons. The van der Waals surface area contributed by atoms with Crippen molar-refractivity contribution >= 4 is 22.4 Å². The fourth-order valence-corrected chi connectivity index (χ4v) is 3.62. The standard InChI is InChI=1S/C19H17N3S/c1-12-10-23-19(22-12)15-5-3-14(4-6-15)13(2)16-7-8-17-18(9-16)21-11-20-17/h3-11,13H,1-2H3,(H,20,21). The molecular weight excluding hydrogens is 302 g/mol. The lowest BCUT2D eigenvalue weighted by Gasteiger charge is -2.13. The zero-order valence-corrected chi connectivity index (χ0v) is 13.9. The van der Waals surface area contributed by atoms with Gasteiger partial charge in [-0.3, -0.25) is 0 Å². The fourth-order valence-electron chi connectivity index (χ4n) is 2.82. The number of nitrogens with zero attached hydrogens (tertiary/aromatic N) is 2. The second-order valence-corrected chi connectivity index (χ2v) is 6.67. The number of rotatable bonds is 3. The van der Waals surface area contributed by atoms with Gasteiger partial charge in [0.25, 0.3) is 0 Å². The molecule has 0 aliphatic heterocycles. The summed E-state index contributed by atoms with van der Waals surface area (Å²) in [5, 5.41) is 3.17. The van der Waals surface area contributed by atoms with Crippen LogP contribution in [0.2, 0.25) is 0 Å². The van der Waals surface area contributed by atoms with Gasteiger partial charge >= 0.3 is 0 Å². The number of H-pyrrole nitrogens is 1. The summed E-state index contributed by atoms with van der Waals surface area (Å²) in [5.74, 6) is 0.342. The van der Waals surface area contributed by atoms with E-state index in [1.165, 1.54) is 16.7 Å². The maximum Gasteiger partial charge on any atom is 0.123 e. The number of thiazole rings is 1. The highest BCUT2D eigenvalue weighted by molar-refractivity contribution is 7.13. The van der Waals surface area contributed by atoms with Crippen LogP contribution in [0.1, 0.15) is 29.7 Å². The van der Waals surface area contributed by atoms with Gasteiger partial charge in [0.05, 0.1) is 17.4 Å². The molecule has 3 nitrogen and oxygen atoms in total. The molecule has 1 unspecified atom stereocenters. The third-order valence-corrected chi connectivity index (χ3v) is 5.23. The monoisotopic (exact) mass is 319 g/mol. The highest BCUT2D eigenvalue weighted by Gasteiger charge is 2.11. The van der Waals surface area contributed by atoms with Gasteiger partial charge in [-0.1, -0.05) is 37.3 Å². The van der Waals surface area contributed by atoms with E-state index in [9.17, 15) is 0 Å². The Morgan fingerprint density at radius 2 is 1.83 bits per heavy atom. The first kappa shape index (κ1) is 14.2. The predicted octanol–water partition coefficient (Wildman–Crippen LogP) is 5.15. The second-order valence-electron chi connectivity index (χ2n) is 5.82. The largest absolute Gasteiger partial charge is 0.345 e. The number of fused-ring (bicyclic) bond motifs is 1. The molecule has 114 valence electrons. The van der Waals surface area contributed by atoms with E-state index in [0.717, 1.165) is 21.7 Å². The number of nitrogens with one attached hydrogen (secondary N) is 1. The van der Waals surface area contributed by atoms with Crippen molar-refractivity contribution in [2.24, 2.45) is 0 Å². The molecule has 0 aliphatic rings. The van der Waals surface area contributed by atoms with Crippen LogP contribution in [0.4, 0.5) is 0 Å². The average molecular weight is 319 g/mol. The van der Waals surface area contributed by atoms with Crippen LogP contribution in [0.5, 0.6) is 0 Å². The Morgan fingerprint density at radius 3 is 2.57 bits per heavy atom. The third kappa shape index (κ3) is 2.66. The number of aromatic nitrogens is 3. The molecule has 1 atom stereocenters. The molecule has 0 aliphatic carbocycles. The van der Waals surface area contributed by atoms with Gasteiger partial charge in [0.1, 0.15) is 5.01 Å². The molecule has 4 rings (SSSR count). The molecule has 2 aromatic carbocycles. The van der Waals surface area contributed by atoms with Crippen molar-refractivity contribution in [3.63, 3.8) is 0 Å². The first-order valence-corrected chi connectivity index (χ1v) is 8.54. The Hall–Kier alpha value is -2.46. The van der Waals surface area contributed by atoms with Crippen molar-refractivity contribution in [3.05, 3.63) is 71.0 Å². The summed E-state index contributed by atoms with van der Waals surface area (Å²) in [5.41, 5.74) is 6.96. The summed E-state index contributed by atoms with van der Waals surface area (Å²) < 4.78 is 0. The van der Waals surface area contributed by atoms with E-state index in [1.807, 2.05) is 6.92 Å². The van der Waals surface area contributed by atoms with Gasteiger partial charge in [-0.15, -0.1) is 11.3 Å². The number of aryl methyl sites for hydroxylation is 1. The Morgan fingerprint density at radius 1 is 1.04 bits per heavy atom. The van der Waals surface area contributed by atoms with E-state index in [-0.39, 0.29) is 0 Å². The van der Waals surface area contributed by atoms with Crippen molar-refractivity contribution in [3.8, 4) is 10.6 Å². The smallest absolute Gasteiger partial charge is 0.123 e. The predicted molar refractivity (Wildman–Crippen MR) is 95.9 cm³/mol. The quantitative estimate of drug-likeness (QED) is 0.567. The summed E-state index contributed by atoms with van der Waals surface area (Å²) in [4.78, 5) is 12.0. The van der Waals surface area contributed by atoms with Crippen LogP contribution in [0.15, 0.2) is 54.2 Å². The summed E-state index contributed by atoms with van der Waals surface area (Å²) >= 11 is 1.69. The van der Waals surface area contributed by atoms with Gasteiger partial charge in [-0.05, 0) is 30.2 Å². The number of benzene rings is 2. The third-order valence-electron chi connectivity index (χ3n) is 4.22. The van der Waals surface area contributed by atoms with Crippen LogP contribution in [0.25, 0.3) is 21.6 Å². The Kier molecular flexibility index (Phi) is 3.46. The lowest BCUT2D eigenvalue weighted by molar-refractivity contribution is 0.924. The van der Waals surface area contributed by atoms with Crippen molar-refractivity contribution in [2.75, 3.05) is 0 Å². The normalized spacial score (nSPS) is 12.6. The molecule has 23 heavy (non-hydrogen) atoms. The van der Waals surface area contributed by atoms with Crippen molar-refractivity contribution in [2.45, 2.75) is 19.8 Å². The molecule has 4 aromatic rings. The van der Waals surface area contributed by atoms with E-state index >= 15 is 0 Å². The highest BCUT2D eigenvalue weighted by Crippen LogP contribution is 2.29. The molecule has 0 saturated carbocycles. The van der Waals surface area contributed by atoms with E-state index in [2.05, 4.69) is 69.7 Å². The first-order chi connectivity index (χ1) is 11.2.